The van der Waals surface area contributed by atoms with Crippen LogP contribution in [0.25, 0.3) is 0 Å². The molecular weight excluding hydrogens is 216 g/mol. The van der Waals surface area contributed by atoms with E-state index in [2.05, 4.69) is 0 Å². The summed E-state index contributed by atoms with van der Waals surface area (Å²) in [6.45, 7) is 7.57. The van der Waals surface area contributed by atoms with Crippen LogP contribution in [0.2, 0.25) is 0 Å². The van der Waals surface area contributed by atoms with E-state index in [4.69, 9.17) is 9.47 Å². The highest BCUT2D eigenvalue weighted by atomic mass is 16.5. The lowest BCUT2D eigenvalue weighted by atomic mass is 9.86. The number of methoxy groups -OCH3 is 2. The van der Waals surface area contributed by atoms with Crippen LogP contribution in [0.4, 0.5) is 0 Å². The SMILES string of the molecule is COc1cc(C)c(C(C)(O)C(C)OC)cc1C. The Balaban J connectivity index is 3.27. The van der Waals surface area contributed by atoms with Gasteiger partial charge in [0.05, 0.1) is 13.2 Å². The largest absolute Gasteiger partial charge is 0.496 e. The minimum Gasteiger partial charge on any atom is -0.496 e. The van der Waals surface area contributed by atoms with Gasteiger partial charge in [0.1, 0.15) is 11.4 Å². The van der Waals surface area contributed by atoms with Gasteiger partial charge in [-0.3, -0.25) is 0 Å². The molecule has 0 amide bonds. The van der Waals surface area contributed by atoms with Gasteiger partial charge in [-0.1, -0.05) is 0 Å². The van der Waals surface area contributed by atoms with Crippen LogP contribution in [0.15, 0.2) is 12.1 Å². The molecule has 3 heteroatoms. The molecule has 0 saturated carbocycles. The molecule has 0 heterocycles. The molecule has 0 aliphatic rings. The van der Waals surface area contributed by atoms with E-state index in [-0.39, 0.29) is 6.10 Å². The van der Waals surface area contributed by atoms with Crippen LogP contribution >= 0.6 is 0 Å². The Labute approximate surface area is 103 Å². The summed E-state index contributed by atoms with van der Waals surface area (Å²) in [7, 11) is 3.25. The molecule has 96 valence electrons. The molecule has 2 unspecified atom stereocenters. The highest BCUT2D eigenvalue weighted by molar-refractivity contribution is 5.44. The van der Waals surface area contributed by atoms with Crippen molar-refractivity contribution in [2.45, 2.75) is 39.4 Å². The molecule has 2 atom stereocenters. The van der Waals surface area contributed by atoms with E-state index in [1.165, 1.54) is 0 Å². The van der Waals surface area contributed by atoms with Gasteiger partial charge in [-0.05, 0) is 56.5 Å². The first-order valence-corrected chi connectivity index (χ1v) is 5.75. The van der Waals surface area contributed by atoms with Crippen molar-refractivity contribution in [3.63, 3.8) is 0 Å². The number of aliphatic hydroxyl groups is 1. The van der Waals surface area contributed by atoms with Crippen LogP contribution in [-0.4, -0.2) is 25.4 Å². The molecule has 17 heavy (non-hydrogen) atoms. The summed E-state index contributed by atoms with van der Waals surface area (Å²) in [5, 5.41) is 10.6. The summed E-state index contributed by atoms with van der Waals surface area (Å²) >= 11 is 0. The first-order valence-electron chi connectivity index (χ1n) is 5.75. The number of hydrogen-bond acceptors (Lipinski definition) is 3. The van der Waals surface area contributed by atoms with Crippen LogP contribution < -0.4 is 4.74 Å². The molecule has 1 aromatic carbocycles. The monoisotopic (exact) mass is 238 g/mol. The van der Waals surface area contributed by atoms with E-state index in [0.29, 0.717) is 0 Å². The van der Waals surface area contributed by atoms with Crippen molar-refractivity contribution in [3.05, 3.63) is 28.8 Å². The van der Waals surface area contributed by atoms with Crippen molar-refractivity contribution < 1.29 is 14.6 Å². The Hall–Kier alpha value is -1.06. The summed E-state index contributed by atoms with van der Waals surface area (Å²) in [6.07, 6.45) is -0.269. The quantitative estimate of drug-likeness (QED) is 0.876. The fraction of sp³-hybridized carbons (Fsp3) is 0.571. The molecular formula is C14H22O3. The zero-order valence-electron chi connectivity index (χ0n) is 11.5. The van der Waals surface area contributed by atoms with E-state index in [1.54, 1.807) is 21.1 Å². The molecule has 1 aromatic rings. The Kier molecular flexibility index (Phi) is 4.17. The van der Waals surface area contributed by atoms with Gasteiger partial charge in [0, 0.05) is 7.11 Å². The molecule has 0 fully saturated rings. The molecule has 0 radical (unpaired) electrons. The zero-order chi connectivity index (χ0) is 13.2. The Morgan fingerprint density at radius 1 is 1.18 bits per heavy atom. The minimum absolute atomic E-state index is 0.269. The molecule has 0 bridgehead atoms. The van der Waals surface area contributed by atoms with Gasteiger partial charge in [0.15, 0.2) is 0 Å². The van der Waals surface area contributed by atoms with Gasteiger partial charge in [-0.15, -0.1) is 0 Å². The molecule has 0 saturated heterocycles. The van der Waals surface area contributed by atoms with Gasteiger partial charge in [0.25, 0.3) is 0 Å². The molecule has 3 nitrogen and oxygen atoms in total. The number of aryl methyl sites for hydroxylation is 2. The summed E-state index contributed by atoms with van der Waals surface area (Å²) < 4.78 is 10.5. The molecule has 0 aromatic heterocycles. The van der Waals surface area contributed by atoms with Crippen molar-refractivity contribution in [2.24, 2.45) is 0 Å². The summed E-state index contributed by atoms with van der Waals surface area (Å²) in [5.41, 5.74) is 1.89. The lowest BCUT2D eigenvalue weighted by molar-refractivity contribution is -0.0775. The molecule has 0 aliphatic carbocycles. The first kappa shape index (κ1) is 14.0. The van der Waals surface area contributed by atoms with Gasteiger partial charge in [-0.25, -0.2) is 0 Å². The van der Waals surface area contributed by atoms with Crippen molar-refractivity contribution in [1.82, 2.24) is 0 Å². The van der Waals surface area contributed by atoms with E-state index in [1.807, 2.05) is 32.9 Å². The topological polar surface area (TPSA) is 38.7 Å². The third-order valence-electron chi connectivity index (χ3n) is 3.43. The average molecular weight is 238 g/mol. The summed E-state index contributed by atoms with van der Waals surface area (Å²) in [6, 6.07) is 3.91. The number of hydrogen-bond donors (Lipinski definition) is 1. The Morgan fingerprint density at radius 2 is 1.76 bits per heavy atom. The fourth-order valence-corrected chi connectivity index (χ4v) is 2.00. The predicted molar refractivity (Wildman–Crippen MR) is 68.5 cm³/mol. The van der Waals surface area contributed by atoms with E-state index in [0.717, 1.165) is 22.4 Å². The predicted octanol–water partition coefficient (Wildman–Crippen LogP) is 2.55. The first-order chi connectivity index (χ1) is 7.84. The fourth-order valence-electron chi connectivity index (χ4n) is 2.00. The van der Waals surface area contributed by atoms with Crippen LogP contribution in [-0.2, 0) is 10.3 Å². The molecule has 1 N–H and O–H groups in total. The Morgan fingerprint density at radius 3 is 2.24 bits per heavy atom. The second-order valence-electron chi connectivity index (χ2n) is 4.66. The van der Waals surface area contributed by atoms with Crippen LogP contribution in [0, 0.1) is 13.8 Å². The standard InChI is InChI=1S/C14H22O3/c1-9-8-13(17-6)10(2)7-12(9)14(4,15)11(3)16-5/h7-8,11,15H,1-6H3. The lowest BCUT2D eigenvalue weighted by Crippen LogP contribution is -2.36. The van der Waals surface area contributed by atoms with Crippen molar-refractivity contribution in [2.75, 3.05) is 14.2 Å². The van der Waals surface area contributed by atoms with E-state index < -0.39 is 5.60 Å². The van der Waals surface area contributed by atoms with Crippen molar-refractivity contribution in [1.29, 1.82) is 0 Å². The van der Waals surface area contributed by atoms with Gasteiger partial charge in [-0.2, -0.15) is 0 Å². The van der Waals surface area contributed by atoms with Gasteiger partial charge in [0.2, 0.25) is 0 Å². The Bertz CT molecular complexity index is 397. The molecule has 0 aliphatic heterocycles. The number of ether oxygens (including phenoxy) is 2. The smallest absolute Gasteiger partial charge is 0.122 e. The number of rotatable bonds is 4. The maximum absolute atomic E-state index is 10.6. The second-order valence-corrected chi connectivity index (χ2v) is 4.66. The van der Waals surface area contributed by atoms with E-state index >= 15 is 0 Å². The molecule has 0 spiro atoms. The summed E-state index contributed by atoms with van der Waals surface area (Å²) in [4.78, 5) is 0. The van der Waals surface area contributed by atoms with Gasteiger partial charge >= 0.3 is 0 Å². The van der Waals surface area contributed by atoms with Crippen LogP contribution in [0.5, 0.6) is 5.75 Å². The van der Waals surface area contributed by atoms with Gasteiger partial charge < -0.3 is 14.6 Å². The highest BCUT2D eigenvalue weighted by Crippen LogP contribution is 2.33. The molecule has 1 rings (SSSR count). The highest BCUT2D eigenvalue weighted by Gasteiger charge is 2.32. The van der Waals surface area contributed by atoms with E-state index in [9.17, 15) is 5.11 Å². The zero-order valence-corrected chi connectivity index (χ0v) is 11.5. The minimum atomic E-state index is -1.00. The van der Waals surface area contributed by atoms with Crippen LogP contribution in [0.3, 0.4) is 0 Å². The average Bonchev–Trinajstić information content (AvgIpc) is 2.30. The lowest BCUT2D eigenvalue weighted by Gasteiger charge is -2.31. The number of benzene rings is 1. The summed E-state index contributed by atoms with van der Waals surface area (Å²) in [5.74, 6) is 0.840. The normalized spacial score (nSPS) is 16.4. The van der Waals surface area contributed by atoms with Crippen LogP contribution in [0.1, 0.15) is 30.5 Å². The van der Waals surface area contributed by atoms with Crippen molar-refractivity contribution in [3.8, 4) is 5.75 Å². The second kappa shape index (κ2) is 5.07. The maximum Gasteiger partial charge on any atom is 0.122 e. The third kappa shape index (κ3) is 2.61. The maximum atomic E-state index is 10.6. The third-order valence-corrected chi connectivity index (χ3v) is 3.43. The van der Waals surface area contributed by atoms with Crippen molar-refractivity contribution >= 4 is 0 Å².